The minimum absolute atomic E-state index is 0.0158. The molecule has 2 aliphatic rings. The van der Waals surface area contributed by atoms with E-state index in [1.165, 1.54) is 18.6 Å². The van der Waals surface area contributed by atoms with E-state index in [0.29, 0.717) is 6.54 Å². The molecule has 3 rings (SSSR count). The average Bonchev–Trinajstić information content (AvgIpc) is 2.93. The Kier molecular flexibility index (Phi) is 3.74. The van der Waals surface area contributed by atoms with Crippen molar-refractivity contribution in [1.82, 2.24) is 10.6 Å². The molecule has 0 radical (unpaired) electrons. The van der Waals surface area contributed by atoms with Crippen LogP contribution < -0.4 is 10.6 Å². The topological polar surface area (TPSA) is 41.1 Å². The highest BCUT2D eigenvalue weighted by molar-refractivity contribution is 5.82. The SMILES string of the molecule is O=C(NCC1(c2ccc(F)cc2)CCC1)C1CCCN1. The fraction of sp³-hybridized carbons (Fsp3) is 0.562. The van der Waals surface area contributed by atoms with Crippen molar-refractivity contribution in [3.8, 4) is 0 Å². The maximum absolute atomic E-state index is 13.0. The molecule has 0 aromatic heterocycles. The molecule has 1 unspecified atom stereocenters. The van der Waals surface area contributed by atoms with Gasteiger partial charge < -0.3 is 10.6 Å². The van der Waals surface area contributed by atoms with Gasteiger partial charge in [-0.2, -0.15) is 0 Å². The Morgan fingerprint density at radius 2 is 2.05 bits per heavy atom. The van der Waals surface area contributed by atoms with Gasteiger partial charge in [-0.1, -0.05) is 18.6 Å². The molecule has 0 spiro atoms. The van der Waals surface area contributed by atoms with Gasteiger partial charge in [0.25, 0.3) is 0 Å². The zero-order valence-corrected chi connectivity index (χ0v) is 11.6. The lowest BCUT2D eigenvalue weighted by molar-refractivity contribution is -0.123. The van der Waals surface area contributed by atoms with Crippen LogP contribution in [0, 0.1) is 5.82 Å². The minimum Gasteiger partial charge on any atom is -0.354 e. The van der Waals surface area contributed by atoms with Crippen molar-refractivity contribution < 1.29 is 9.18 Å². The van der Waals surface area contributed by atoms with Crippen molar-refractivity contribution in [3.05, 3.63) is 35.6 Å². The molecular weight excluding hydrogens is 255 g/mol. The number of carbonyl (C=O) groups excluding carboxylic acids is 1. The molecule has 2 fully saturated rings. The molecule has 1 amide bonds. The summed E-state index contributed by atoms with van der Waals surface area (Å²) >= 11 is 0. The van der Waals surface area contributed by atoms with Crippen LogP contribution in [0.15, 0.2) is 24.3 Å². The van der Waals surface area contributed by atoms with Crippen LogP contribution in [0.1, 0.15) is 37.7 Å². The van der Waals surface area contributed by atoms with Crippen molar-refractivity contribution >= 4 is 5.91 Å². The molecule has 1 aromatic rings. The van der Waals surface area contributed by atoms with Crippen LogP contribution in [-0.4, -0.2) is 25.0 Å². The Balaban J connectivity index is 1.64. The van der Waals surface area contributed by atoms with E-state index in [0.717, 1.165) is 37.8 Å². The van der Waals surface area contributed by atoms with Crippen molar-refractivity contribution in [2.75, 3.05) is 13.1 Å². The van der Waals surface area contributed by atoms with Gasteiger partial charge in [-0.3, -0.25) is 4.79 Å². The minimum atomic E-state index is -0.206. The number of amides is 1. The summed E-state index contributed by atoms with van der Waals surface area (Å²) in [5.74, 6) is -0.0988. The summed E-state index contributed by atoms with van der Waals surface area (Å²) in [6.45, 7) is 1.59. The molecule has 1 atom stereocenters. The monoisotopic (exact) mass is 276 g/mol. The normalized spacial score (nSPS) is 24.1. The van der Waals surface area contributed by atoms with Crippen molar-refractivity contribution in [2.24, 2.45) is 0 Å². The molecule has 0 bridgehead atoms. The van der Waals surface area contributed by atoms with Crippen molar-refractivity contribution in [3.63, 3.8) is 0 Å². The summed E-state index contributed by atoms with van der Waals surface area (Å²) in [4.78, 5) is 12.1. The lowest BCUT2D eigenvalue weighted by Crippen LogP contribution is -2.49. The number of hydrogen-bond acceptors (Lipinski definition) is 2. The first-order chi connectivity index (χ1) is 9.70. The average molecular weight is 276 g/mol. The van der Waals surface area contributed by atoms with Crippen LogP contribution in [0.4, 0.5) is 4.39 Å². The predicted molar refractivity (Wildman–Crippen MR) is 76.0 cm³/mol. The lowest BCUT2D eigenvalue weighted by Gasteiger charge is -2.42. The van der Waals surface area contributed by atoms with Crippen LogP contribution in [0.5, 0.6) is 0 Å². The van der Waals surface area contributed by atoms with E-state index >= 15 is 0 Å². The van der Waals surface area contributed by atoms with Gasteiger partial charge in [0, 0.05) is 12.0 Å². The second-order valence-corrected chi connectivity index (χ2v) is 6.01. The highest BCUT2D eigenvalue weighted by atomic mass is 19.1. The highest BCUT2D eigenvalue weighted by Crippen LogP contribution is 2.43. The number of benzene rings is 1. The van der Waals surface area contributed by atoms with E-state index in [2.05, 4.69) is 10.6 Å². The Morgan fingerprint density at radius 3 is 2.60 bits per heavy atom. The van der Waals surface area contributed by atoms with Crippen LogP contribution in [0.3, 0.4) is 0 Å². The Labute approximate surface area is 118 Å². The number of nitrogens with one attached hydrogen (secondary N) is 2. The maximum Gasteiger partial charge on any atom is 0.237 e. The molecule has 1 heterocycles. The first-order valence-corrected chi connectivity index (χ1v) is 7.47. The smallest absolute Gasteiger partial charge is 0.237 e. The molecule has 1 aromatic carbocycles. The number of carbonyl (C=O) groups is 1. The third-order valence-corrected chi connectivity index (χ3v) is 4.75. The summed E-state index contributed by atoms with van der Waals surface area (Å²) < 4.78 is 13.0. The highest BCUT2D eigenvalue weighted by Gasteiger charge is 2.39. The molecule has 3 nitrogen and oxygen atoms in total. The zero-order valence-electron chi connectivity index (χ0n) is 11.6. The van der Waals surface area contributed by atoms with Gasteiger partial charge in [0.15, 0.2) is 0 Å². The quantitative estimate of drug-likeness (QED) is 0.884. The predicted octanol–water partition coefficient (Wildman–Crippen LogP) is 2.12. The lowest BCUT2D eigenvalue weighted by atomic mass is 9.64. The number of rotatable bonds is 4. The standard InChI is InChI=1S/C16H21FN2O/c17-13-6-4-12(5-7-13)16(8-2-9-16)11-19-15(20)14-3-1-10-18-14/h4-7,14,18H,1-3,8-11H2,(H,19,20). The van der Waals surface area contributed by atoms with Gasteiger partial charge in [0.1, 0.15) is 5.82 Å². The van der Waals surface area contributed by atoms with E-state index in [1.54, 1.807) is 0 Å². The third-order valence-electron chi connectivity index (χ3n) is 4.75. The van der Waals surface area contributed by atoms with Gasteiger partial charge in [-0.25, -0.2) is 4.39 Å². The molecule has 1 aliphatic carbocycles. The summed E-state index contributed by atoms with van der Waals surface area (Å²) in [5, 5.41) is 6.30. The first kappa shape index (κ1) is 13.6. The Morgan fingerprint density at radius 1 is 1.30 bits per heavy atom. The largest absolute Gasteiger partial charge is 0.354 e. The molecule has 2 N–H and O–H groups in total. The van der Waals surface area contributed by atoms with E-state index < -0.39 is 0 Å². The fourth-order valence-electron chi connectivity index (χ4n) is 3.26. The summed E-state index contributed by atoms with van der Waals surface area (Å²) in [5.41, 5.74) is 1.16. The van der Waals surface area contributed by atoms with Gasteiger partial charge in [0.2, 0.25) is 5.91 Å². The molecular formula is C16H21FN2O. The first-order valence-electron chi connectivity index (χ1n) is 7.47. The molecule has 20 heavy (non-hydrogen) atoms. The summed E-state index contributed by atoms with van der Waals surface area (Å²) in [6.07, 6.45) is 5.31. The van der Waals surface area contributed by atoms with Crippen LogP contribution >= 0.6 is 0 Å². The summed E-state index contributed by atoms with van der Waals surface area (Å²) in [7, 11) is 0. The third kappa shape index (κ3) is 2.57. The van der Waals surface area contributed by atoms with Gasteiger partial charge >= 0.3 is 0 Å². The van der Waals surface area contributed by atoms with E-state index in [1.807, 2.05) is 12.1 Å². The van der Waals surface area contributed by atoms with Crippen LogP contribution in [-0.2, 0) is 10.2 Å². The second-order valence-electron chi connectivity index (χ2n) is 6.01. The second kappa shape index (κ2) is 5.52. The number of hydrogen-bond donors (Lipinski definition) is 2. The van der Waals surface area contributed by atoms with E-state index in [4.69, 9.17) is 0 Å². The molecule has 1 aliphatic heterocycles. The molecule has 1 saturated heterocycles. The fourth-order valence-corrected chi connectivity index (χ4v) is 3.26. The summed E-state index contributed by atoms with van der Waals surface area (Å²) in [6, 6.07) is 6.70. The molecule has 108 valence electrons. The number of halogens is 1. The Bertz CT molecular complexity index is 476. The van der Waals surface area contributed by atoms with Crippen molar-refractivity contribution in [2.45, 2.75) is 43.6 Å². The Hall–Kier alpha value is -1.42. The van der Waals surface area contributed by atoms with Crippen LogP contribution in [0.2, 0.25) is 0 Å². The zero-order chi connectivity index (χ0) is 14.0. The molecule has 1 saturated carbocycles. The maximum atomic E-state index is 13.0. The van der Waals surface area contributed by atoms with Gasteiger partial charge in [-0.15, -0.1) is 0 Å². The van der Waals surface area contributed by atoms with E-state index in [-0.39, 0.29) is 23.2 Å². The van der Waals surface area contributed by atoms with Crippen molar-refractivity contribution in [1.29, 1.82) is 0 Å². The van der Waals surface area contributed by atoms with Gasteiger partial charge in [-0.05, 0) is 49.9 Å². The van der Waals surface area contributed by atoms with Gasteiger partial charge in [0.05, 0.1) is 6.04 Å². The molecule has 4 heteroatoms. The van der Waals surface area contributed by atoms with Crippen LogP contribution in [0.25, 0.3) is 0 Å². The van der Waals surface area contributed by atoms with E-state index in [9.17, 15) is 9.18 Å².